The van der Waals surface area contributed by atoms with Gasteiger partial charge in [-0.15, -0.1) is 0 Å². The van der Waals surface area contributed by atoms with E-state index in [0.29, 0.717) is 12.2 Å². The van der Waals surface area contributed by atoms with Gasteiger partial charge in [0.1, 0.15) is 0 Å². The number of nitro groups is 1. The Morgan fingerprint density at radius 3 is 2.74 bits per heavy atom. The van der Waals surface area contributed by atoms with E-state index >= 15 is 0 Å². The summed E-state index contributed by atoms with van der Waals surface area (Å²) in [6.45, 7) is 2.37. The molecule has 0 heterocycles. The summed E-state index contributed by atoms with van der Waals surface area (Å²) in [6, 6.07) is 4.14. The van der Waals surface area contributed by atoms with Gasteiger partial charge < -0.3 is 10.4 Å². The number of benzene rings is 1. The third-order valence-electron chi connectivity index (χ3n) is 2.79. The summed E-state index contributed by atoms with van der Waals surface area (Å²) < 4.78 is 0. The number of rotatable bonds is 7. The van der Waals surface area contributed by atoms with E-state index in [2.05, 4.69) is 5.32 Å². The van der Waals surface area contributed by atoms with Gasteiger partial charge in [0.15, 0.2) is 0 Å². The highest BCUT2D eigenvalue weighted by Crippen LogP contribution is 2.27. The van der Waals surface area contributed by atoms with Gasteiger partial charge in [0, 0.05) is 25.1 Å². The second kappa shape index (κ2) is 6.94. The van der Waals surface area contributed by atoms with Gasteiger partial charge in [-0.2, -0.15) is 0 Å². The van der Waals surface area contributed by atoms with Crippen LogP contribution in [0, 0.1) is 16.0 Å². The number of non-ortho nitro benzene ring substituents is 1. The van der Waals surface area contributed by atoms with E-state index in [0.717, 1.165) is 6.42 Å². The van der Waals surface area contributed by atoms with Crippen LogP contribution in [-0.2, 0) is 4.79 Å². The van der Waals surface area contributed by atoms with Crippen molar-refractivity contribution in [2.24, 2.45) is 5.92 Å². The molecule has 0 radical (unpaired) electrons. The molecule has 0 aliphatic carbocycles. The molecule has 0 aliphatic rings. The minimum absolute atomic E-state index is 0.0104. The third-order valence-corrected chi connectivity index (χ3v) is 3.10. The van der Waals surface area contributed by atoms with Gasteiger partial charge in [-0.1, -0.05) is 24.9 Å². The molecule has 1 aromatic rings. The summed E-state index contributed by atoms with van der Waals surface area (Å²) in [5.74, 6) is -0.854. The molecule has 1 unspecified atom stereocenters. The maximum atomic E-state index is 10.6. The molecule has 2 N–H and O–H groups in total. The smallest absolute Gasteiger partial charge is 0.303 e. The molecular weight excluding hydrogens is 272 g/mol. The molecule has 6 nitrogen and oxygen atoms in total. The highest BCUT2D eigenvalue weighted by molar-refractivity contribution is 6.33. The zero-order valence-corrected chi connectivity index (χ0v) is 11.2. The maximum absolute atomic E-state index is 10.6. The minimum atomic E-state index is -0.844. The Bertz CT molecular complexity index is 479. The van der Waals surface area contributed by atoms with E-state index in [1.165, 1.54) is 18.2 Å². The van der Waals surface area contributed by atoms with E-state index in [1.807, 2.05) is 6.92 Å². The highest BCUT2D eigenvalue weighted by Gasteiger charge is 2.13. The van der Waals surface area contributed by atoms with Crippen molar-refractivity contribution < 1.29 is 14.8 Å². The molecule has 0 aromatic heterocycles. The first-order valence-electron chi connectivity index (χ1n) is 5.83. The Hall–Kier alpha value is -1.82. The molecule has 104 valence electrons. The van der Waals surface area contributed by atoms with Gasteiger partial charge in [-0.05, 0) is 12.0 Å². The summed E-state index contributed by atoms with van der Waals surface area (Å²) in [6.07, 6.45) is 0.804. The average molecular weight is 287 g/mol. The summed E-state index contributed by atoms with van der Waals surface area (Å²) >= 11 is 5.92. The van der Waals surface area contributed by atoms with Crippen molar-refractivity contribution in [3.63, 3.8) is 0 Å². The van der Waals surface area contributed by atoms with Crippen LogP contribution in [0.4, 0.5) is 11.4 Å². The number of nitro benzene ring substituents is 1. The topological polar surface area (TPSA) is 92.5 Å². The fourth-order valence-electron chi connectivity index (χ4n) is 1.62. The Morgan fingerprint density at radius 1 is 1.58 bits per heavy atom. The van der Waals surface area contributed by atoms with Crippen molar-refractivity contribution in [1.29, 1.82) is 0 Å². The third kappa shape index (κ3) is 4.75. The van der Waals surface area contributed by atoms with Crippen LogP contribution in [0.15, 0.2) is 18.2 Å². The number of carbonyl (C=O) groups is 1. The van der Waals surface area contributed by atoms with Crippen LogP contribution in [0.1, 0.15) is 19.8 Å². The fraction of sp³-hybridized carbons (Fsp3) is 0.417. The second-order valence-electron chi connectivity index (χ2n) is 4.17. The van der Waals surface area contributed by atoms with Gasteiger partial charge in [0.05, 0.1) is 15.6 Å². The van der Waals surface area contributed by atoms with Crippen LogP contribution in [0.2, 0.25) is 5.02 Å². The van der Waals surface area contributed by atoms with Crippen LogP contribution >= 0.6 is 11.6 Å². The number of nitrogens with one attached hydrogen (secondary N) is 1. The molecule has 0 amide bonds. The second-order valence-corrected chi connectivity index (χ2v) is 4.58. The molecule has 0 bridgehead atoms. The van der Waals surface area contributed by atoms with Gasteiger partial charge in [0.25, 0.3) is 5.69 Å². The largest absolute Gasteiger partial charge is 0.481 e. The van der Waals surface area contributed by atoms with Crippen molar-refractivity contribution in [1.82, 2.24) is 0 Å². The molecule has 7 heteroatoms. The SMILES string of the molecule is CCC(CNc1ccc([N+](=O)[O-])cc1Cl)CC(=O)O. The number of carboxylic acids is 1. The summed E-state index contributed by atoms with van der Waals surface area (Å²) in [7, 11) is 0. The number of nitrogens with zero attached hydrogens (tertiary/aromatic N) is 1. The minimum Gasteiger partial charge on any atom is -0.481 e. The molecule has 1 atom stereocenters. The van der Waals surface area contributed by atoms with Crippen molar-refractivity contribution in [2.75, 3.05) is 11.9 Å². The van der Waals surface area contributed by atoms with Crippen molar-refractivity contribution in [2.45, 2.75) is 19.8 Å². The van der Waals surface area contributed by atoms with Crippen LogP contribution in [0.25, 0.3) is 0 Å². The number of anilines is 1. The predicted molar refractivity (Wildman–Crippen MR) is 72.6 cm³/mol. The molecule has 0 fully saturated rings. The fourth-order valence-corrected chi connectivity index (χ4v) is 1.86. The van der Waals surface area contributed by atoms with E-state index in [9.17, 15) is 14.9 Å². The number of aliphatic carboxylic acids is 1. The van der Waals surface area contributed by atoms with Crippen LogP contribution in [0.5, 0.6) is 0 Å². The van der Waals surface area contributed by atoms with Gasteiger partial charge in [-0.3, -0.25) is 14.9 Å². The predicted octanol–water partition coefficient (Wildman–Crippen LogP) is 3.16. The first-order chi connectivity index (χ1) is 8.93. The maximum Gasteiger partial charge on any atom is 0.303 e. The molecule has 0 saturated heterocycles. The quantitative estimate of drug-likeness (QED) is 0.593. The number of hydrogen-bond donors (Lipinski definition) is 2. The Kier molecular flexibility index (Phi) is 5.57. The summed E-state index contributed by atoms with van der Waals surface area (Å²) in [4.78, 5) is 20.7. The lowest BCUT2D eigenvalue weighted by Gasteiger charge is -2.15. The Labute approximate surface area is 115 Å². The Balaban J connectivity index is 2.67. The van der Waals surface area contributed by atoms with E-state index < -0.39 is 10.9 Å². The summed E-state index contributed by atoms with van der Waals surface area (Å²) in [5.41, 5.74) is 0.490. The Morgan fingerprint density at radius 2 is 2.26 bits per heavy atom. The molecule has 1 aromatic carbocycles. The van der Waals surface area contributed by atoms with E-state index in [4.69, 9.17) is 16.7 Å². The molecular formula is C12H15ClN2O4. The molecule has 19 heavy (non-hydrogen) atoms. The molecule has 1 rings (SSSR count). The molecule has 0 aliphatic heterocycles. The number of carboxylic acid groups (broad SMARTS) is 1. The van der Waals surface area contributed by atoms with Crippen molar-refractivity contribution >= 4 is 28.9 Å². The zero-order valence-electron chi connectivity index (χ0n) is 10.4. The standard InChI is InChI=1S/C12H15ClN2O4/c1-2-8(5-12(16)17)7-14-11-4-3-9(15(18)19)6-10(11)13/h3-4,6,8,14H,2,5,7H2,1H3,(H,16,17). The van der Waals surface area contributed by atoms with Crippen LogP contribution in [0.3, 0.4) is 0 Å². The summed E-state index contributed by atoms with van der Waals surface area (Å²) in [5, 5.41) is 22.6. The normalized spacial score (nSPS) is 11.9. The van der Waals surface area contributed by atoms with E-state index in [1.54, 1.807) is 0 Å². The van der Waals surface area contributed by atoms with Crippen molar-refractivity contribution in [3.8, 4) is 0 Å². The van der Waals surface area contributed by atoms with Crippen molar-refractivity contribution in [3.05, 3.63) is 33.3 Å². The molecule has 0 saturated carbocycles. The lowest BCUT2D eigenvalue weighted by Crippen LogP contribution is -2.17. The highest BCUT2D eigenvalue weighted by atomic mass is 35.5. The first kappa shape index (κ1) is 15.2. The van der Waals surface area contributed by atoms with Crippen LogP contribution < -0.4 is 5.32 Å². The average Bonchev–Trinajstić information content (AvgIpc) is 2.34. The lowest BCUT2D eigenvalue weighted by molar-refractivity contribution is -0.384. The molecule has 0 spiro atoms. The van der Waals surface area contributed by atoms with Gasteiger partial charge >= 0.3 is 5.97 Å². The monoisotopic (exact) mass is 286 g/mol. The zero-order chi connectivity index (χ0) is 14.4. The van der Waals surface area contributed by atoms with Gasteiger partial charge in [-0.25, -0.2) is 0 Å². The first-order valence-corrected chi connectivity index (χ1v) is 6.21. The number of hydrogen-bond acceptors (Lipinski definition) is 4. The lowest BCUT2D eigenvalue weighted by atomic mass is 10.0. The van der Waals surface area contributed by atoms with E-state index in [-0.39, 0.29) is 23.0 Å². The van der Waals surface area contributed by atoms with Gasteiger partial charge in [0.2, 0.25) is 0 Å². The van der Waals surface area contributed by atoms with Crippen LogP contribution in [-0.4, -0.2) is 22.5 Å². The number of halogens is 1.